The summed E-state index contributed by atoms with van der Waals surface area (Å²) in [5.74, 6) is -3.81. The molecule has 3 aromatic carbocycles. The highest BCUT2D eigenvalue weighted by atomic mass is 35.5. The fourth-order valence-corrected chi connectivity index (χ4v) is 8.12. The quantitative estimate of drug-likeness (QED) is 0.191. The van der Waals surface area contributed by atoms with Gasteiger partial charge in [0.1, 0.15) is 17.0 Å². The topological polar surface area (TPSA) is 122 Å². The number of hydrogen-bond acceptors (Lipinski definition) is 7. The third kappa shape index (κ3) is 4.66. The van der Waals surface area contributed by atoms with Crippen LogP contribution < -0.4 is 10.2 Å². The molecule has 3 aliphatic heterocycles. The van der Waals surface area contributed by atoms with Crippen molar-refractivity contribution in [3.05, 3.63) is 97.3 Å². The van der Waals surface area contributed by atoms with Gasteiger partial charge < -0.3 is 15.0 Å². The van der Waals surface area contributed by atoms with Crippen LogP contribution in [0.5, 0.6) is 0 Å². The number of nitrogens with one attached hydrogen (secondary N) is 1. The molecule has 4 atom stereocenters. The number of benzene rings is 3. The molecule has 13 heteroatoms. The molecule has 0 aromatic heterocycles. The fourth-order valence-electron chi connectivity index (χ4n) is 7.76. The number of hydrogen-bond donors (Lipinski definition) is 1. The molecule has 2 amide bonds. The van der Waals surface area contributed by atoms with Gasteiger partial charge in [-0.15, -0.1) is 0 Å². The minimum absolute atomic E-state index is 0.0603. The number of ether oxygens (including phenoxy) is 1. The Morgan fingerprint density at radius 1 is 1.13 bits per heavy atom. The maximum absolute atomic E-state index is 16.2. The van der Waals surface area contributed by atoms with Crippen LogP contribution in [0.2, 0.25) is 10.0 Å². The lowest BCUT2D eigenvalue weighted by atomic mass is 9.70. The van der Waals surface area contributed by atoms with Crippen LogP contribution in [0.1, 0.15) is 41.9 Å². The molecule has 3 heterocycles. The number of anilines is 2. The van der Waals surface area contributed by atoms with E-state index in [9.17, 15) is 24.5 Å². The number of nitrogens with zero attached hydrogens (tertiary/aromatic N) is 3. The molecule has 1 saturated carbocycles. The Bertz CT molecular complexity index is 1820. The summed E-state index contributed by atoms with van der Waals surface area (Å²) in [6.45, 7) is 0.652. The van der Waals surface area contributed by atoms with Crippen molar-refractivity contribution in [3.63, 3.8) is 0 Å². The summed E-state index contributed by atoms with van der Waals surface area (Å²) in [7, 11) is 1.23. The Balaban J connectivity index is 1.41. The van der Waals surface area contributed by atoms with E-state index >= 15 is 4.39 Å². The number of fused-ring (bicyclic) bond motifs is 3. The maximum atomic E-state index is 16.2. The van der Waals surface area contributed by atoms with Gasteiger partial charge in [0, 0.05) is 47.4 Å². The summed E-state index contributed by atoms with van der Waals surface area (Å²) in [6, 6.07) is 13.5. The van der Waals surface area contributed by atoms with Gasteiger partial charge in [0.25, 0.3) is 5.69 Å². The maximum Gasteiger partial charge on any atom is 0.309 e. The lowest BCUT2D eigenvalue weighted by Gasteiger charge is -2.40. The summed E-state index contributed by atoms with van der Waals surface area (Å²) in [5, 5.41) is 15.5. The van der Waals surface area contributed by atoms with Gasteiger partial charge in [0.15, 0.2) is 0 Å². The van der Waals surface area contributed by atoms with E-state index in [1.165, 1.54) is 30.2 Å². The van der Waals surface area contributed by atoms with Crippen LogP contribution in [0.4, 0.5) is 21.5 Å². The van der Waals surface area contributed by atoms with E-state index in [-0.39, 0.29) is 40.8 Å². The molecule has 2 saturated heterocycles. The Morgan fingerprint density at radius 2 is 1.91 bits per heavy atom. The van der Waals surface area contributed by atoms with E-state index in [1.54, 1.807) is 36.4 Å². The SMILES string of the molecule is COC(=O)Cc1ccc(N2CC[C@H]3[C@@H](C2=O)[C@H](c2cccc(Cl)c2F)[C@]2(C(=O)Nc4cc(Cl)ccc42)N3CC2CC2)c([N+](=O)[O-])c1. The minimum atomic E-state index is -1.47. The van der Waals surface area contributed by atoms with E-state index in [0.717, 1.165) is 12.8 Å². The number of nitro groups is 1. The van der Waals surface area contributed by atoms with Crippen LogP contribution in [0.15, 0.2) is 54.6 Å². The predicted molar refractivity (Wildman–Crippen MR) is 168 cm³/mol. The average Bonchev–Trinajstić information content (AvgIpc) is 3.74. The average molecular weight is 668 g/mol. The van der Waals surface area contributed by atoms with Gasteiger partial charge in [0.05, 0.1) is 29.4 Å². The molecule has 1 spiro atoms. The van der Waals surface area contributed by atoms with Gasteiger partial charge in [-0.1, -0.05) is 47.5 Å². The number of piperidine rings is 1. The van der Waals surface area contributed by atoms with Gasteiger partial charge in [-0.2, -0.15) is 0 Å². The van der Waals surface area contributed by atoms with Crippen molar-refractivity contribution < 1.29 is 28.4 Å². The lowest BCUT2D eigenvalue weighted by molar-refractivity contribution is -0.384. The largest absolute Gasteiger partial charge is 0.469 e. The summed E-state index contributed by atoms with van der Waals surface area (Å²) in [5.41, 5.74) is -0.186. The Kier molecular flexibility index (Phi) is 7.53. The van der Waals surface area contributed by atoms with Crippen LogP contribution in [0, 0.1) is 27.8 Å². The number of amides is 2. The van der Waals surface area contributed by atoms with Crippen molar-refractivity contribution in [1.82, 2.24) is 4.90 Å². The third-order valence-electron chi connectivity index (χ3n) is 9.84. The van der Waals surface area contributed by atoms with Crippen LogP contribution >= 0.6 is 23.2 Å². The number of carbonyl (C=O) groups is 3. The highest BCUT2D eigenvalue weighted by Crippen LogP contribution is 2.62. The highest BCUT2D eigenvalue weighted by molar-refractivity contribution is 6.31. The summed E-state index contributed by atoms with van der Waals surface area (Å²) in [6.07, 6.45) is 2.14. The van der Waals surface area contributed by atoms with E-state index < -0.39 is 46.0 Å². The number of methoxy groups -OCH3 is 1. The lowest BCUT2D eigenvalue weighted by Crippen LogP contribution is -2.54. The molecule has 1 N–H and O–H groups in total. The second-order valence-corrected chi connectivity index (χ2v) is 13.2. The Hall–Kier alpha value is -4.06. The smallest absolute Gasteiger partial charge is 0.309 e. The number of carbonyl (C=O) groups excluding carboxylic acids is 3. The molecule has 3 aromatic rings. The minimum Gasteiger partial charge on any atom is -0.469 e. The second-order valence-electron chi connectivity index (χ2n) is 12.3. The van der Waals surface area contributed by atoms with Gasteiger partial charge in [-0.3, -0.25) is 29.4 Å². The van der Waals surface area contributed by atoms with Crippen molar-refractivity contribution in [1.29, 1.82) is 0 Å². The molecule has 10 nitrogen and oxygen atoms in total. The van der Waals surface area contributed by atoms with E-state index in [1.807, 2.05) is 0 Å². The van der Waals surface area contributed by atoms with Gasteiger partial charge in [-0.25, -0.2) is 4.39 Å². The van der Waals surface area contributed by atoms with E-state index in [4.69, 9.17) is 27.9 Å². The Labute approximate surface area is 273 Å². The van der Waals surface area contributed by atoms with Gasteiger partial charge in [0.2, 0.25) is 11.8 Å². The molecular weight excluding hydrogens is 638 g/mol. The van der Waals surface area contributed by atoms with E-state index in [2.05, 4.69) is 10.2 Å². The first-order valence-electron chi connectivity index (χ1n) is 15.0. The van der Waals surface area contributed by atoms with Crippen LogP contribution in [-0.2, 0) is 31.1 Å². The molecule has 0 bridgehead atoms. The molecule has 1 aliphatic carbocycles. The number of halogens is 3. The van der Waals surface area contributed by atoms with Crippen LogP contribution in [0.25, 0.3) is 0 Å². The molecule has 0 radical (unpaired) electrons. The normalized spacial score (nSPS) is 25.4. The fraction of sp³-hybridized carbons (Fsp3) is 0.364. The monoisotopic (exact) mass is 666 g/mol. The Morgan fingerprint density at radius 3 is 2.63 bits per heavy atom. The first kappa shape index (κ1) is 30.6. The number of nitro benzene ring substituents is 1. The molecular formula is C33H29Cl2FN4O6. The predicted octanol–water partition coefficient (Wildman–Crippen LogP) is 5.83. The molecule has 46 heavy (non-hydrogen) atoms. The summed E-state index contributed by atoms with van der Waals surface area (Å²) >= 11 is 12.7. The zero-order valence-corrected chi connectivity index (χ0v) is 26.2. The third-order valence-corrected chi connectivity index (χ3v) is 10.4. The molecule has 4 aliphatic rings. The summed E-state index contributed by atoms with van der Waals surface area (Å²) < 4.78 is 20.9. The highest BCUT2D eigenvalue weighted by Gasteiger charge is 2.70. The van der Waals surface area contributed by atoms with Crippen molar-refractivity contribution in [3.8, 4) is 0 Å². The van der Waals surface area contributed by atoms with Crippen molar-refractivity contribution >= 4 is 58.0 Å². The molecule has 0 unspecified atom stereocenters. The molecule has 7 rings (SSSR count). The first-order chi connectivity index (χ1) is 22.1. The van der Waals surface area contributed by atoms with Crippen LogP contribution in [-0.4, -0.2) is 53.8 Å². The number of rotatable bonds is 7. The standard InChI is InChI=1S/C33H29Cl2FN4O6/c1-46-27(41)14-18-7-10-24(26(13-18)40(44)45)38-12-11-25-28(31(38)42)29(20-3-2-4-22(35)30(20)36)33(39(25)16-17-5-6-17)21-9-8-19(34)15-23(21)37-32(33)43/h2-4,7-10,13,15,17,25,28-29H,5-6,11-12,14,16H2,1H3,(H,37,43)/t25-,28+,29-,33+/m0/s1. The van der Waals surface area contributed by atoms with Crippen LogP contribution in [0.3, 0.4) is 0 Å². The van der Waals surface area contributed by atoms with Crippen molar-refractivity contribution in [2.24, 2.45) is 11.8 Å². The summed E-state index contributed by atoms with van der Waals surface area (Å²) in [4.78, 5) is 56.3. The van der Waals surface area contributed by atoms with Gasteiger partial charge in [-0.05, 0) is 60.6 Å². The van der Waals surface area contributed by atoms with Crippen molar-refractivity contribution in [2.75, 3.05) is 30.4 Å². The van der Waals surface area contributed by atoms with E-state index in [0.29, 0.717) is 40.7 Å². The second kappa shape index (κ2) is 11.3. The first-order valence-corrected chi connectivity index (χ1v) is 15.8. The number of esters is 1. The zero-order chi connectivity index (χ0) is 32.5. The molecule has 238 valence electrons. The number of likely N-dealkylation sites (tertiary alicyclic amines) is 1. The zero-order valence-electron chi connectivity index (χ0n) is 24.7. The molecule has 3 fully saturated rings. The van der Waals surface area contributed by atoms with Crippen molar-refractivity contribution in [2.45, 2.75) is 43.2 Å². The van der Waals surface area contributed by atoms with Gasteiger partial charge >= 0.3 is 5.97 Å².